The van der Waals surface area contributed by atoms with E-state index in [4.69, 9.17) is 28.1 Å². The zero-order valence-corrected chi connectivity index (χ0v) is 27.3. The molecule has 246 valence electrons. The summed E-state index contributed by atoms with van der Waals surface area (Å²) in [4.78, 5) is 30.1. The fourth-order valence-electron chi connectivity index (χ4n) is 6.64. The van der Waals surface area contributed by atoms with Crippen LogP contribution in [0.2, 0.25) is 0 Å². The number of esters is 2. The Bertz CT molecular complexity index is 1360. The number of carbonyl (C=O) groups is 2. The zero-order valence-electron chi connectivity index (χ0n) is 27.3. The van der Waals surface area contributed by atoms with Crippen molar-refractivity contribution in [3.05, 3.63) is 59.4 Å². The molecule has 1 aromatic rings. The highest BCUT2D eigenvalue weighted by atomic mass is 16.6. The van der Waals surface area contributed by atoms with E-state index in [1.54, 1.807) is 20.3 Å². The molecule has 0 aromatic carbocycles. The molecule has 10 heteroatoms. The molecule has 1 N–H and O–H groups in total. The molecule has 10 nitrogen and oxygen atoms in total. The summed E-state index contributed by atoms with van der Waals surface area (Å²) < 4.78 is 34.7. The summed E-state index contributed by atoms with van der Waals surface area (Å²) in [7, 11) is 1.63. The van der Waals surface area contributed by atoms with Crippen molar-refractivity contribution in [3.8, 4) is 0 Å². The monoisotopic (exact) mass is 625 g/mol. The van der Waals surface area contributed by atoms with Gasteiger partial charge in [-0.2, -0.15) is 0 Å². The lowest BCUT2D eigenvalue weighted by Crippen LogP contribution is -2.42. The second-order valence-corrected chi connectivity index (χ2v) is 13.3. The fourth-order valence-corrected chi connectivity index (χ4v) is 6.64. The number of methoxy groups -OCH3 is 1. The highest BCUT2D eigenvalue weighted by Gasteiger charge is 2.57. The number of aliphatic hydroxyl groups is 1. The number of epoxide rings is 2. The summed E-state index contributed by atoms with van der Waals surface area (Å²) in [6.45, 7) is 11.6. The van der Waals surface area contributed by atoms with Gasteiger partial charge in [-0.15, -0.1) is 0 Å². The molecule has 0 radical (unpaired) electrons. The zero-order chi connectivity index (χ0) is 32.5. The second kappa shape index (κ2) is 13.7. The Balaban J connectivity index is 1.33. The first-order valence-electron chi connectivity index (χ1n) is 16.0. The van der Waals surface area contributed by atoms with Crippen molar-refractivity contribution in [1.29, 1.82) is 0 Å². The molecule has 0 saturated carbocycles. The largest absolute Gasteiger partial charge is 0.462 e. The van der Waals surface area contributed by atoms with Crippen LogP contribution in [0.15, 0.2) is 52.2 Å². The number of hydrogen-bond donors (Lipinski definition) is 1. The summed E-state index contributed by atoms with van der Waals surface area (Å²) in [5.41, 5.74) is 1.86. The summed E-state index contributed by atoms with van der Waals surface area (Å²) in [5.74, 6) is -0.316. The molecule has 4 aliphatic rings. The minimum Gasteiger partial charge on any atom is -0.462 e. The van der Waals surface area contributed by atoms with Crippen LogP contribution in [-0.2, 0) is 33.3 Å². The number of ether oxygens (including phenoxy) is 5. The molecule has 1 aromatic heterocycles. The number of oxazole rings is 1. The van der Waals surface area contributed by atoms with E-state index in [2.05, 4.69) is 4.98 Å². The van der Waals surface area contributed by atoms with Crippen molar-refractivity contribution in [3.63, 3.8) is 0 Å². The van der Waals surface area contributed by atoms with Gasteiger partial charge in [0.15, 0.2) is 12.0 Å². The number of allylic oxidation sites excluding steroid dienone is 4. The molecule has 0 spiro atoms. The number of aromatic nitrogens is 1. The normalized spacial score (nSPS) is 38.0. The van der Waals surface area contributed by atoms with E-state index in [-0.39, 0.29) is 48.5 Å². The lowest BCUT2D eigenvalue weighted by atomic mass is 9.84. The van der Waals surface area contributed by atoms with Gasteiger partial charge in [-0.25, -0.2) is 9.78 Å². The summed E-state index contributed by atoms with van der Waals surface area (Å²) in [6.07, 6.45) is 11.7. The van der Waals surface area contributed by atoms with E-state index >= 15 is 0 Å². The van der Waals surface area contributed by atoms with E-state index in [9.17, 15) is 14.7 Å². The molecule has 0 unspecified atom stereocenters. The van der Waals surface area contributed by atoms with E-state index in [1.165, 1.54) is 0 Å². The highest BCUT2D eigenvalue weighted by Crippen LogP contribution is 2.44. The predicted octanol–water partition coefficient (Wildman–Crippen LogP) is 5.05. The smallest absolute Gasteiger partial charge is 0.338 e. The van der Waals surface area contributed by atoms with Crippen molar-refractivity contribution < 1.29 is 42.8 Å². The van der Waals surface area contributed by atoms with Crippen LogP contribution in [0, 0.1) is 24.7 Å². The molecular weight excluding hydrogens is 578 g/mol. The standard InChI is InChI=1S/C35H47NO9/c1-19(13-25-18-41-23(5)36-25)9-8-10-21(3)32(40-7)22(4)27-17-29(37)35(6)30(45-35)12-11-20(2)26-14-24(16-31(38)42-26)15-28-33(43-28)34(39)44-27/h8-13,18,20,22,24,26-30,32-33,37H,14-17H2,1-7H3/b9-8+,12-11+,19-13+,21-10+/t20-,22-,24-,26+,27-,28-,29+,30+,32+,33+,35-/m1/s1. The average Bonchev–Trinajstić information content (AvgIpc) is 3.86. The maximum atomic E-state index is 13.4. The van der Waals surface area contributed by atoms with Crippen LogP contribution in [0.1, 0.15) is 71.9 Å². The first-order chi connectivity index (χ1) is 21.4. The van der Waals surface area contributed by atoms with Crippen molar-refractivity contribution in [1.82, 2.24) is 4.98 Å². The average molecular weight is 626 g/mol. The maximum absolute atomic E-state index is 13.4. The van der Waals surface area contributed by atoms with Crippen molar-refractivity contribution in [2.24, 2.45) is 17.8 Å². The first kappa shape index (κ1) is 33.3. The van der Waals surface area contributed by atoms with Gasteiger partial charge in [0.05, 0.1) is 18.3 Å². The number of carbonyl (C=O) groups excluding carboxylic acids is 2. The highest BCUT2D eigenvalue weighted by molar-refractivity contribution is 5.78. The quantitative estimate of drug-likeness (QED) is 0.190. The van der Waals surface area contributed by atoms with E-state index in [0.717, 1.165) is 16.8 Å². The lowest BCUT2D eigenvalue weighted by molar-refractivity contribution is -0.159. The van der Waals surface area contributed by atoms with Crippen LogP contribution >= 0.6 is 0 Å². The van der Waals surface area contributed by atoms with Crippen molar-refractivity contribution in [2.45, 2.75) is 116 Å². The van der Waals surface area contributed by atoms with Crippen LogP contribution < -0.4 is 0 Å². The molecule has 11 atom stereocenters. The summed E-state index contributed by atoms with van der Waals surface area (Å²) in [6, 6.07) is 0. The van der Waals surface area contributed by atoms with Crippen molar-refractivity contribution in [2.75, 3.05) is 7.11 Å². The SMILES string of the molecule is CO[C@@H](/C(C)=C/C=C/C(C)=C/c1coc(C)n1)[C@H](C)[C@H]1C[C@H](O)[C@@]2(C)O[C@H]2/C=C/[C@@H](C)[C@@H]2C[C@@H](CC(=O)O2)C[C@H]2O[C@@H]2C(=O)O1. The molecule has 4 aliphatic heterocycles. The van der Waals surface area contributed by atoms with E-state index in [1.807, 2.05) is 71.1 Å². The topological polar surface area (TPSA) is 133 Å². The van der Waals surface area contributed by atoms with Crippen LogP contribution in [0.4, 0.5) is 0 Å². The predicted molar refractivity (Wildman–Crippen MR) is 166 cm³/mol. The Hall–Kier alpha value is -3.05. The van der Waals surface area contributed by atoms with E-state index in [0.29, 0.717) is 25.2 Å². The van der Waals surface area contributed by atoms with Gasteiger partial charge in [0.2, 0.25) is 0 Å². The summed E-state index contributed by atoms with van der Waals surface area (Å²) in [5, 5.41) is 11.4. The van der Waals surface area contributed by atoms with Gasteiger partial charge in [-0.05, 0) is 56.8 Å². The van der Waals surface area contributed by atoms with Gasteiger partial charge >= 0.3 is 11.9 Å². The van der Waals surface area contributed by atoms with Crippen LogP contribution in [0.3, 0.4) is 0 Å². The Morgan fingerprint density at radius 3 is 2.62 bits per heavy atom. The number of fused-ring (bicyclic) bond motifs is 4. The molecule has 2 bridgehead atoms. The maximum Gasteiger partial charge on any atom is 0.338 e. The molecule has 5 heterocycles. The second-order valence-electron chi connectivity index (χ2n) is 13.3. The molecule has 0 aliphatic carbocycles. The molecule has 3 fully saturated rings. The van der Waals surface area contributed by atoms with Gasteiger partial charge in [0.1, 0.15) is 35.9 Å². The lowest BCUT2D eigenvalue weighted by Gasteiger charge is -2.33. The molecule has 45 heavy (non-hydrogen) atoms. The van der Waals surface area contributed by atoms with Crippen LogP contribution in [-0.4, -0.2) is 77.5 Å². The molecular formula is C35H47NO9. The van der Waals surface area contributed by atoms with Crippen LogP contribution in [0.25, 0.3) is 6.08 Å². The third kappa shape index (κ3) is 8.03. The minimum absolute atomic E-state index is 0.0130. The Kier molecular flexibility index (Phi) is 10.2. The van der Waals surface area contributed by atoms with E-state index < -0.39 is 36.0 Å². The third-order valence-corrected chi connectivity index (χ3v) is 9.63. The fraction of sp³-hybridized carbons (Fsp3) is 0.629. The van der Waals surface area contributed by atoms with Gasteiger partial charge in [-0.3, -0.25) is 4.79 Å². The number of aliphatic hydroxyl groups excluding tert-OH is 1. The molecule has 5 rings (SSSR count). The number of hydrogen-bond acceptors (Lipinski definition) is 10. The molecule has 3 saturated heterocycles. The van der Waals surface area contributed by atoms with Crippen molar-refractivity contribution >= 4 is 18.0 Å². The number of aryl methyl sites for hydroxylation is 1. The Labute approximate surface area is 265 Å². The Morgan fingerprint density at radius 2 is 1.91 bits per heavy atom. The number of rotatable bonds is 7. The molecule has 0 amide bonds. The Morgan fingerprint density at radius 1 is 1.16 bits per heavy atom. The van der Waals surface area contributed by atoms with Gasteiger partial charge in [-0.1, -0.05) is 44.2 Å². The van der Waals surface area contributed by atoms with Gasteiger partial charge in [0.25, 0.3) is 0 Å². The number of nitrogens with zero attached hydrogens (tertiary/aromatic N) is 1. The first-order valence-corrected chi connectivity index (χ1v) is 16.0. The number of cyclic esters (lactones) is 1. The third-order valence-electron chi connectivity index (χ3n) is 9.63. The summed E-state index contributed by atoms with van der Waals surface area (Å²) >= 11 is 0. The van der Waals surface area contributed by atoms with Gasteiger partial charge < -0.3 is 33.2 Å². The van der Waals surface area contributed by atoms with Gasteiger partial charge in [0, 0.05) is 38.7 Å². The minimum atomic E-state index is -0.905. The van der Waals surface area contributed by atoms with Crippen LogP contribution in [0.5, 0.6) is 0 Å².